The summed E-state index contributed by atoms with van der Waals surface area (Å²) in [5.41, 5.74) is 10.9. The van der Waals surface area contributed by atoms with Crippen LogP contribution < -0.4 is 15.8 Å². The fraction of sp³-hybridized carbons (Fsp3) is 0.270. The first-order valence-corrected chi connectivity index (χ1v) is 14.1. The SMILES string of the molecule is C=CC/C(C)=C\C=C1\C=C(c2cc3c(cc2/C(C=C)=C/C=C2/C=C(C(C)=NC(C)C)NC2)=CCCC=3)C=CC1. The molecule has 0 bridgehead atoms. The van der Waals surface area contributed by atoms with Crippen LogP contribution in [0, 0.1) is 0 Å². The molecule has 1 heterocycles. The zero-order valence-corrected chi connectivity index (χ0v) is 24.1. The van der Waals surface area contributed by atoms with E-state index in [-0.39, 0.29) is 6.04 Å². The maximum Gasteiger partial charge on any atom is 0.0557 e. The molecule has 1 aliphatic heterocycles. The van der Waals surface area contributed by atoms with Gasteiger partial charge < -0.3 is 5.32 Å². The molecule has 0 atom stereocenters. The van der Waals surface area contributed by atoms with Gasteiger partial charge in [0.15, 0.2) is 0 Å². The topological polar surface area (TPSA) is 24.4 Å². The minimum Gasteiger partial charge on any atom is -0.380 e. The zero-order valence-electron chi connectivity index (χ0n) is 24.1. The molecule has 2 nitrogen and oxygen atoms in total. The smallest absolute Gasteiger partial charge is 0.0557 e. The van der Waals surface area contributed by atoms with Crippen LogP contribution in [-0.2, 0) is 0 Å². The van der Waals surface area contributed by atoms with Crippen LogP contribution in [0.5, 0.6) is 0 Å². The second kappa shape index (κ2) is 13.2. The van der Waals surface area contributed by atoms with Crippen molar-refractivity contribution >= 4 is 29.0 Å². The standard InChI is InChI=1S/C37H42N2/c1-7-12-27(5)17-18-29-13-11-16-34(21-29)36-24-33-15-10-9-14-32(33)23-35(36)31(8-2)20-19-30-22-37(38-25-30)28(6)39-26(3)4/h7-8,11,14-24,26,38H,1-2,9-10,12-13,25H2,3-6H3/b27-17-,29-18+,30-19-,31-20+,39-28?. The Morgan fingerprint density at radius 1 is 1.00 bits per heavy atom. The van der Waals surface area contributed by atoms with Crippen molar-refractivity contribution in [1.29, 1.82) is 0 Å². The largest absolute Gasteiger partial charge is 0.380 e. The van der Waals surface area contributed by atoms with Crippen LogP contribution in [0.25, 0.3) is 23.3 Å². The summed E-state index contributed by atoms with van der Waals surface area (Å²) in [5, 5.41) is 6.12. The van der Waals surface area contributed by atoms with Gasteiger partial charge in [-0.1, -0.05) is 79.0 Å². The van der Waals surface area contributed by atoms with Gasteiger partial charge in [-0.2, -0.15) is 0 Å². The third kappa shape index (κ3) is 7.35. The van der Waals surface area contributed by atoms with Crippen LogP contribution in [0.3, 0.4) is 0 Å². The van der Waals surface area contributed by atoms with Gasteiger partial charge >= 0.3 is 0 Å². The lowest BCUT2D eigenvalue weighted by atomic mass is 9.88. The van der Waals surface area contributed by atoms with E-state index in [9.17, 15) is 0 Å². The average molecular weight is 515 g/mol. The van der Waals surface area contributed by atoms with E-state index in [1.54, 1.807) is 0 Å². The molecule has 1 aromatic rings. The van der Waals surface area contributed by atoms with Crippen molar-refractivity contribution in [1.82, 2.24) is 5.32 Å². The van der Waals surface area contributed by atoms with Crippen LogP contribution >= 0.6 is 0 Å². The Morgan fingerprint density at radius 3 is 2.46 bits per heavy atom. The predicted molar refractivity (Wildman–Crippen MR) is 173 cm³/mol. The molecule has 0 spiro atoms. The summed E-state index contributed by atoms with van der Waals surface area (Å²) in [5.74, 6) is 0. The number of rotatable bonds is 9. The summed E-state index contributed by atoms with van der Waals surface area (Å²) >= 11 is 0. The number of allylic oxidation sites excluding steroid dienone is 14. The zero-order chi connectivity index (χ0) is 27.8. The van der Waals surface area contributed by atoms with E-state index in [4.69, 9.17) is 4.99 Å². The van der Waals surface area contributed by atoms with Gasteiger partial charge in [0.2, 0.25) is 0 Å². The second-order valence-corrected chi connectivity index (χ2v) is 10.8. The maximum absolute atomic E-state index is 4.69. The van der Waals surface area contributed by atoms with E-state index in [0.717, 1.165) is 49.2 Å². The summed E-state index contributed by atoms with van der Waals surface area (Å²) in [6, 6.07) is 5.00. The van der Waals surface area contributed by atoms with E-state index in [2.05, 4.69) is 119 Å². The highest BCUT2D eigenvalue weighted by atomic mass is 14.9. The lowest BCUT2D eigenvalue weighted by Gasteiger charge is -2.17. The lowest BCUT2D eigenvalue weighted by Crippen LogP contribution is -2.28. The molecule has 1 N–H and O–H groups in total. The average Bonchev–Trinajstić information content (AvgIpc) is 3.41. The Labute approximate surface area is 235 Å². The highest BCUT2D eigenvalue weighted by Crippen LogP contribution is 2.30. The molecule has 0 amide bonds. The molecule has 200 valence electrons. The van der Waals surface area contributed by atoms with Gasteiger partial charge in [-0.05, 0) is 115 Å². The highest BCUT2D eigenvalue weighted by molar-refractivity contribution is 5.99. The van der Waals surface area contributed by atoms with Crippen LogP contribution in [0.4, 0.5) is 0 Å². The number of aliphatic imine (C=N–C) groups is 1. The molecule has 3 aliphatic rings. The van der Waals surface area contributed by atoms with Crippen molar-refractivity contribution < 1.29 is 0 Å². The van der Waals surface area contributed by atoms with Gasteiger partial charge in [-0.3, -0.25) is 4.99 Å². The maximum atomic E-state index is 4.69. The summed E-state index contributed by atoms with van der Waals surface area (Å²) in [6.45, 7) is 17.3. The first kappa shape index (κ1) is 28.1. The van der Waals surface area contributed by atoms with Crippen molar-refractivity contribution in [2.45, 2.75) is 59.4 Å². The molecule has 0 fully saturated rings. The number of hydrogen-bond donors (Lipinski definition) is 1. The van der Waals surface area contributed by atoms with Crippen molar-refractivity contribution in [3.05, 3.63) is 130 Å². The number of hydrogen-bond acceptors (Lipinski definition) is 2. The molecular weight excluding hydrogens is 472 g/mol. The molecule has 2 aliphatic carbocycles. The van der Waals surface area contributed by atoms with E-state index in [1.165, 1.54) is 43.9 Å². The second-order valence-electron chi connectivity index (χ2n) is 10.8. The third-order valence-corrected chi connectivity index (χ3v) is 7.13. The number of nitrogens with one attached hydrogen (secondary N) is 1. The highest BCUT2D eigenvalue weighted by Gasteiger charge is 2.14. The molecule has 4 rings (SSSR count). The Hall–Kier alpha value is -3.91. The van der Waals surface area contributed by atoms with Crippen molar-refractivity contribution in [2.75, 3.05) is 6.54 Å². The van der Waals surface area contributed by atoms with Crippen molar-refractivity contribution in [3.63, 3.8) is 0 Å². The number of fused-ring (bicyclic) bond motifs is 1. The monoisotopic (exact) mass is 514 g/mol. The molecule has 1 aromatic carbocycles. The number of nitrogens with zero attached hydrogens (tertiary/aromatic N) is 1. The Morgan fingerprint density at radius 2 is 1.74 bits per heavy atom. The normalized spacial score (nSPS) is 19.8. The molecule has 0 aromatic heterocycles. The minimum atomic E-state index is 0.287. The summed E-state index contributed by atoms with van der Waals surface area (Å²) in [7, 11) is 0. The van der Waals surface area contributed by atoms with Gasteiger partial charge in [0, 0.05) is 12.6 Å². The third-order valence-electron chi connectivity index (χ3n) is 7.13. The van der Waals surface area contributed by atoms with Gasteiger partial charge in [-0.15, -0.1) is 6.58 Å². The Kier molecular flexibility index (Phi) is 9.54. The summed E-state index contributed by atoms with van der Waals surface area (Å²) in [6.07, 6.45) is 30.7. The van der Waals surface area contributed by atoms with E-state index in [1.807, 2.05) is 12.2 Å². The van der Waals surface area contributed by atoms with Crippen LogP contribution in [0.15, 0.2) is 113 Å². The van der Waals surface area contributed by atoms with Crippen molar-refractivity contribution in [2.24, 2.45) is 4.99 Å². The molecule has 0 radical (unpaired) electrons. The van der Waals surface area contributed by atoms with Gasteiger partial charge in [0.05, 0.1) is 11.4 Å². The minimum absolute atomic E-state index is 0.287. The van der Waals surface area contributed by atoms with Gasteiger partial charge in [0.25, 0.3) is 0 Å². The van der Waals surface area contributed by atoms with Gasteiger partial charge in [-0.25, -0.2) is 0 Å². The summed E-state index contributed by atoms with van der Waals surface area (Å²) < 4.78 is 0. The van der Waals surface area contributed by atoms with E-state index >= 15 is 0 Å². The quantitative estimate of drug-likeness (QED) is 0.204. The number of benzene rings is 1. The molecule has 39 heavy (non-hydrogen) atoms. The predicted octanol–water partition coefficient (Wildman–Crippen LogP) is 7.69. The molecule has 0 saturated heterocycles. The molecule has 2 heteroatoms. The van der Waals surface area contributed by atoms with Crippen LogP contribution in [-0.4, -0.2) is 18.3 Å². The lowest BCUT2D eigenvalue weighted by molar-refractivity contribution is 0.831. The summed E-state index contributed by atoms with van der Waals surface area (Å²) in [4.78, 5) is 4.69. The van der Waals surface area contributed by atoms with Crippen LogP contribution in [0.2, 0.25) is 0 Å². The Balaban J connectivity index is 1.77. The first-order chi connectivity index (χ1) is 18.9. The first-order valence-electron chi connectivity index (χ1n) is 14.1. The fourth-order valence-corrected chi connectivity index (χ4v) is 5.15. The van der Waals surface area contributed by atoms with Gasteiger partial charge in [0.1, 0.15) is 0 Å². The fourth-order valence-electron chi connectivity index (χ4n) is 5.15. The molecular formula is C37H42N2. The van der Waals surface area contributed by atoms with E-state index in [0.29, 0.717) is 0 Å². The Bertz CT molecular complexity index is 1510. The van der Waals surface area contributed by atoms with Crippen LogP contribution in [0.1, 0.15) is 64.5 Å². The molecule has 0 unspecified atom stereocenters. The molecule has 0 saturated carbocycles. The van der Waals surface area contributed by atoms with E-state index < -0.39 is 0 Å². The van der Waals surface area contributed by atoms with Crippen molar-refractivity contribution in [3.8, 4) is 0 Å².